The first-order valence-electron chi connectivity index (χ1n) is 6.65. The lowest BCUT2D eigenvalue weighted by Gasteiger charge is -2.01. The lowest BCUT2D eigenvalue weighted by atomic mass is 10.1. The highest BCUT2D eigenvalue weighted by Gasteiger charge is 2.21. The molecule has 2 aromatic rings. The van der Waals surface area contributed by atoms with Gasteiger partial charge in [0.15, 0.2) is 0 Å². The molecule has 3 nitrogen and oxygen atoms in total. The minimum atomic E-state index is 0.670. The molecule has 3 rings (SSSR count). The van der Waals surface area contributed by atoms with Gasteiger partial charge < -0.3 is 10.3 Å². The predicted molar refractivity (Wildman–Crippen MR) is 73.5 cm³/mol. The Morgan fingerprint density at radius 2 is 2.06 bits per heavy atom. The Kier molecular flexibility index (Phi) is 2.92. The Morgan fingerprint density at radius 3 is 2.78 bits per heavy atom. The summed E-state index contributed by atoms with van der Waals surface area (Å²) in [4.78, 5) is 4.80. The van der Waals surface area contributed by atoms with E-state index in [4.69, 9.17) is 10.7 Å². The second-order valence-corrected chi connectivity index (χ2v) is 4.98. The molecule has 0 radical (unpaired) electrons. The van der Waals surface area contributed by atoms with Gasteiger partial charge in [0.1, 0.15) is 5.82 Å². The van der Waals surface area contributed by atoms with Crippen LogP contribution in [0.15, 0.2) is 24.3 Å². The van der Waals surface area contributed by atoms with Crippen molar-refractivity contribution < 1.29 is 0 Å². The molecule has 0 spiro atoms. The summed E-state index contributed by atoms with van der Waals surface area (Å²) in [5.74, 6) is 1.15. The number of hydrogen-bond donors (Lipinski definition) is 1. The van der Waals surface area contributed by atoms with Gasteiger partial charge in [-0.25, -0.2) is 4.98 Å². The van der Waals surface area contributed by atoms with Crippen LogP contribution in [0.25, 0.3) is 11.3 Å². The Hall–Kier alpha value is -1.61. The van der Waals surface area contributed by atoms with E-state index in [1.165, 1.54) is 23.2 Å². The number of aromatic nitrogens is 2. The number of fused-ring (bicyclic) bond motifs is 1. The van der Waals surface area contributed by atoms with Crippen LogP contribution in [-0.2, 0) is 19.4 Å². The van der Waals surface area contributed by atoms with E-state index < -0.39 is 0 Å². The van der Waals surface area contributed by atoms with Crippen LogP contribution in [0.3, 0.4) is 0 Å². The molecule has 1 aromatic heterocycles. The van der Waals surface area contributed by atoms with Crippen molar-refractivity contribution in [1.29, 1.82) is 0 Å². The van der Waals surface area contributed by atoms with E-state index in [-0.39, 0.29) is 0 Å². The lowest BCUT2D eigenvalue weighted by molar-refractivity contribution is 0.685. The summed E-state index contributed by atoms with van der Waals surface area (Å²) in [5, 5.41) is 0. The van der Waals surface area contributed by atoms with Crippen molar-refractivity contribution in [3.05, 3.63) is 41.3 Å². The monoisotopic (exact) mass is 241 g/mol. The largest absolute Gasteiger partial charge is 0.331 e. The van der Waals surface area contributed by atoms with Crippen LogP contribution in [-0.4, -0.2) is 16.1 Å². The second-order valence-electron chi connectivity index (χ2n) is 4.98. The van der Waals surface area contributed by atoms with Gasteiger partial charge in [0.25, 0.3) is 0 Å². The van der Waals surface area contributed by atoms with Crippen LogP contribution in [0.2, 0.25) is 0 Å². The summed E-state index contributed by atoms with van der Waals surface area (Å²) in [6.45, 7) is 3.88. The fourth-order valence-corrected chi connectivity index (χ4v) is 2.72. The van der Waals surface area contributed by atoms with Crippen molar-refractivity contribution in [2.75, 3.05) is 6.54 Å². The number of imidazole rings is 1. The molecule has 0 saturated carbocycles. The maximum atomic E-state index is 5.67. The molecular formula is C15H19N3. The van der Waals surface area contributed by atoms with Crippen molar-refractivity contribution >= 4 is 0 Å². The van der Waals surface area contributed by atoms with Crippen molar-refractivity contribution in [2.45, 2.75) is 32.7 Å². The van der Waals surface area contributed by atoms with E-state index in [0.717, 1.165) is 30.9 Å². The molecule has 0 fully saturated rings. The first-order chi connectivity index (χ1) is 8.79. The normalized spacial score (nSPS) is 13.9. The smallest absolute Gasteiger partial charge is 0.110 e. The molecule has 0 bridgehead atoms. The Bertz CT molecular complexity index is 552. The fourth-order valence-electron chi connectivity index (χ4n) is 2.72. The summed E-state index contributed by atoms with van der Waals surface area (Å²) in [5.41, 5.74) is 10.7. The summed E-state index contributed by atoms with van der Waals surface area (Å²) < 4.78 is 2.36. The molecule has 2 N–H and O–H groups in total. The van der Waals surface area contributed by atoms with E-state index in [1.807, 2.05) is 0 Å². The molecule has 0 unspecified atom stereocenters. The third kappa shape index (κ3) is 1.85. The maximum absolute atomic E-state index is 5.67. The van der Waals surface area contributed by atoms with Gasteiger partial charge in [-0.1, -0.05) is 29.8 Å². The van der Waals surface area contributed by atoms with Gasteiger partial charge in [-0.3, -0.25) is 0 Å². The van der Waals surface area contributed by atoms with Gasteiger partial charge in [0, 0.05) is 24.2 Å². The van der Waals surface area contributed by atoms with Crippen molar-refractivity contribution in [2.24, 2.45) is 5.73 Å². The molecule has 18 heavy (non-hydrogen) atoms. The fraction of sp³-hybridized carbons (Fsp3) is 0.400. The average Bonchev–Trinajstić information content (AvgIpc) is 2.95. The molecule has 2 heterocycles. The third-order valence-electron chi connectivity index (χ3n) is 3.64. The van der Waals surface area contributed by atoms with Crippen LogP contribution < -0.4 is 5.73 Å². The Morgan fingerprint density at radius 1 is 1.28 bits per heavy atom. The van der Waals surface area contributed by atoms with Gasteiger partial charge in [0.05, 0.1) is 5.69 Å². The summed E-state index contributed by atoms with van der Waals surface area (Å²) >= 11 is 0. The highest BCUT2D eigenvalue weighted by molar-refractivity contribution is 5.63. The van der Waals surface area contributed by atoms with E-state index in [2.05, 4.69) is 35.8 Å². The van der Waals surface area contributed by atoms with Crippen molar-refractivity contribution in [1.82, 2.24) is 9.55 Å². The van der Waals surface area contributed by atoms with Crippen LogP contribution in [0.1, 0.15) is 23.5 Å². The van der Waals surface area contributed by atoms with E-state index in [9.17, 15) is 0 Å². The topological polar surface area (TPSA) is 43.8 Å². The van der Waals surface area contributed by atoms with Crippen molar-refractivity contribution in [3.63, 3.8) is 0 Å². The number of aryl methyl sites for hydroxylation is 1. The third-order valence-corrected chi connectivity index (χ3v) is 3.64. The zero-order valence-corrected chi connectivity index (χ0v) is 10.8. The molecule has 0 aliphatic carbocycles. The van der Waals surface area contributed by atoms with Crippen LogP contribution in [0.5, 0.6) is 0 Å². The molecule has 94 valence electrons. The number of rotatable bonds is 3. The number of benzene rings is 1. The molecule has 0 amide bonds. The van der Waals surface area contributed by atoms with E-state index in [0.29, 0.717) is 6.54 Å². The predicted octanol–water partition coefficient (Wildman–Crippen LogP) is 2.31. The van der Waals surface area contributed by atoms with Crippen LogP contribution in [0, 0.1) is 6.92 Å². The SMILES string of the molecule is Cc1ccc(-c2nc(CCN)n3c2CCC3)cc1. The molecule has 1 aromatic carbocycles. The molecular weight excluding hydrogens is 222 g/mol. The standard InChI is InChI=1S/C15H19N3/c1-11-4-6-12(7-5-11)15-13-3-2-10-18(13)14(17-15)8-9-16/h4-7H,2-3,8-10,16H2,1H3. The Balaban J connectivity index is 2.07. The molecule has 3 heteroatoms. The molecule has 0 saturated heterocycles. The number of nitrogens with zero attached hydrogens (tertiary/aromatic N) is 2. The first kappa shape index (κ1) is 11.5. The van der Waals surface area contributed by atoms with Gasteiger partial charge in [-0.15, -0.1) is 0 Å². The van der Waals surface area contributed by atoms with Gasteiger partial charge in [0.2, 0.25) is 0 Å². The van der Waals surface area contributed by atoms with Crippen LogP contribution >= 0.6 is 0 Å². The van der Waals surface area contributed by atoms with E-state index in [1.54, 1.807) is 0 Å². The first-order valence-corrected chi connectivity index (χ1v) is 6.65. The number of nitrogens with two attached hydrogens (primary N) is 1. The van der Waals surface area contributed by atoms with Gasteiger partial charge in [-0.05, 0) is 26.3 Å². The molecule has 1 aliphatic rings. The highest BCUT2D eigenvalue weighted by atomic mass is 15.1. The number of hydrogen-bond acceptors (Lipinski definition) is 2. The summed E-state index contributed by atoms with van der Waals surface area (Å²) in [7, 11) is 0. The zero-order valence-electron chi connectivity index (χ0n) is 10.8. The second kappa shape index (κ2) is 4.58. The maximum Gasteiger partial charge on any atom is 0.110 e. The molecule has 1 aliphatic heterocycles. The summed E-state index contributed by atoms with van der Waals surface area (Å²) in [6.07, 6.45) is 3.24. The van der Waals surface area contributed by atoms with E-state index >= 15 is 0 Å². The van der Waals surface area contributed by atoms with Crippen molar-refractivity contribution in [3.8, 4) is 11.3 Å². The average molecular weight is 241 g/mol. The lowest BCUT2D eigenvalue weighted by Crippen LogP contribution is -2.08. The quantitative estimate of drug-likeness (QED) is 0.896. The van der Waals surface area contributed by atoms with Crippen LogP contribution in [0.4, 0.5) is 0 Å². The summed E-state index contributed by atoms with van der Waals surface area (Å²) in [6, 6.07) is 8.64. The minimum absolute atomic E-state index is 0.670. The van der Waals surface area contributed by atoms with Gasteiger partial charge >= 0.3 is 0 Å². The highest BCUT2D eigenvalue weighted by Crippen LogP contribution is 2.29. The van der Waals surface area contributed by atoms with Gasteiger partial charge in [-0.2, -0.15) is 0 Å². The minimum Gasteiger partial charge on any atom is -0.331 e. The zero-order chi connectivity index (χ0) is 12.5. The molecule has 0 atom stereocenters. The Labute approximate surface area is 108 Å².